The molecule has 0 radical (unpaired) electrons. The summed E-state index contributed by atoms with van der Waals surface area (Å²) in [7, 11) is 3.26. The first-order valence-corrected chi connectivity index (χ1v) is 16.5. The molecule has 0 unspecified atom stereocenters. The van der Waals surface area contributed by atoms with Gasteiger partial charge in [-0.2, -0.15) is 0 Å². The first-order chi connectivity index (χ1) is 22.6. The predicted molar refractivity (Wildman–Crippen MR) is 184 cm³/mol. The number of methoxy groups -OCH3 is 2. The van der Waals surface area contributed by atoms with Gasteiger partial charge < -0.3 is 34.0 Å². The molecule has 3 aliphatic rings. The molecule has 252 valence electrons. The minimum absolute atomic E-state index is 0.116. The lowest BCUT2D eigenvalue weighted by Gasteiger charge is -2.48. The Morgan fingerprint density at radius 2 is 1.43 bits per heavy atom. The van der Waals surface area contributed by atoms with E-state index in [4.69, 9.17) is 35.4 Å². The zero-order chi connectivity index (χ0) is 33.4. The number of hydrogen-bond donors (Lipinski definition) is 1. The second-order valence-corrected chi connectivity index (χ2v) is 14.0. The standard InChI is InChI=1S/C37H46ClN3O6/c1-36(2,3)25-47-40-33(35(42)39-24-37-14-17-41(18-15-37)19-16-37)28-20-31(38)34(46-23-27-8-12-30(44-5)13-9-27)32(21-28)45-22-26-6-10-29(43-4)11-7-26/h6-13,20-21H,14-19,22-25H2,1-5H3,(H,39,42)/b40-33-. The molecule has 1 N–H and O–H groups in total. The van der Waals surface area contributed by atoms with E-state index in [1.807, 2.05) is 69.3 Å². The van der Waals surface area contributed by atoms with Crippen LogP contribution in [0, 0.1) is 10.8 Å². The first-order valence-electron chi connectivity index (χ1n) is 16.1. The molecular formula is C37H46ClN3O6. The van der Waals surface area contributed by atoms with Crippen LogP contribution in [0.25, 0.3) is 0 Å². The third-order valence-electron chi connectivity index (χ3n) is 8.75. The number of rotatable bonds is 14. The number of nitrogens with zero attached hydrogens (tertiary/aromatic N) is 2. The lowest BCUT2D eigenvalue weighted by Crippen LogP contribution is -2.53. The Morgan fingerprint density at radius 1 is 0.872 bits per heavy atom. The number of fused-ring (bicyclic) bond motifs is 3. The smallest absolute Gasteiger partial charge is 0.273 e. The second-order valence-electron chi connectivity index (χ2n) is 13.6. The summed E-state index contributed by atoms with van der Waals surface area (Å²) in [5.74, 6) is 1.94. The maximum atomic E-state index is 13.9. The van der Waals surface area contributed by atoms with Crippen molar-refractivity contribution in [2.45, 2.75) is 53.2 Å². The molecule has 0 spiro atoms. The fourth-order valence-corrected chi connectivity index (χ4v) is 6.01. The molecule has 3 fully saturated rings. The van der Waals surface area contributed by atoms with Crippen molar-refractivity contribution in [1.82, 2.24) is 10.2 Å². The number of halogens is 1. The van der Waals surface area contributed by atoms with Crippen LogP contribution in [-0.4, -0.2) is 63.5 Å². The third-order valence-corrected chi connectivity index (χ3v) is 9.03. The lowest BCUT2D eigenvalue weighted by atomic mass is 9.72. The Morgan fingerprint density at radius 3 is 1.96 bits per heavy atom. The third kappa shape index (κ3) is 9.32. The summed E-state index contributed by atoms with van der Waals surface area (Å²) in [4.78, 5) is 22.1. The Hall–Kier alpha value is -3.95. The van der Waals surface area contributed by atoms with Gasteiger partial charge in [0.2, 0.25) is 0 Å². The van der Waals surface area contributed by atoms with Crippen LogP contribution in [0.15, 0.2) is 65.8 Å². The van der Waals surface area contributed by atoms with E-state index in [-0.39, 0.29) is 40.7 Å². The van der Waals surface area contributed by atoms with Crippen LogP contribution in [0.4, 0.5) is 0 Å². The van der Waals surface area contributed by atoms with Gasteiger partial charge in [0.1, 0.15) is 31.3 Å². The van der Waals surface area contributed by atoms with Crippen molar-refractivity contribution in [1.29, 1.82) is 0 Å². The van der Waals surface area contributed by atoms with Gasteiger partial charge in [0.05, 0.1) is 19.2 Å². The number of carbonyl (C=O) groups excluding carboxylic acids is 1. The van der Waals surface area contributed by atoms with Crippen LogP contribution in [0.3, 0.4) is 0 Å². The van der Waals surface area contributed by atoms with Crippen LogP contribution in [-0.2, 0) is 22.8 Å². The quantitative estimate of drug-likeness (QED) is 0.148. The van der Waals surface area contributed by atoms with Crippen molar-refractivity contribution in [2.24, 2.45) is 16.0 Å². The fourth-order valence-electron chi connectivity index (χ4n) is 5.74. The van der Waals surface area contributed by atoms with E-state index in [0.717, 1.165) is 61.5 Å². The monoisotopic (exact) mass is 663 g/mol. The van der Waals surface area contributed by atoms with Gasteiger partial charge in [0.25, 0.3) is 5.91 Å². The molecular weight excluding hydrogens is 618 g/mol. The van der Waals surface area contributed by atoms with Crippen LogP contribution in [0.5, 0.6) is 23.0 Å². The number of benzene rings is 3. The second kappa shape index (κ2) is 15.3. The van der Waals surface area contributed by atoms with Crippen molar-refractivity contribution in [2.75, 3.05) is 47.0 Å². The Labute approximate surface area is 283 Å². The number of carbonyl (C=O) groups is 1. The van der Waals surface area contributed by atoms with Crippen LogP contribution < -0.4 is 24.3 Å². The molecule has 6 rings (SSSR count). The van der Waals surface area contributed by atoms with Gasteiger partial charge in [-0.05, 0) is 97.3 Å². The van der Waals surface area contributed by atoms with Gasteiger partial charge in [-0.25, -0.2) is 0 Å². The zero-order valence-corrected chi connectivity index (χ0v) is 28.8. The highest BCUT2D eigenvalue weighted by molar-refractivity contribution is 6.46. The summed E-state index contributed by atoms with van der Waals surface area (Å²) < 4.78 is 23.1. The minimum atomic E-state index is -0.314. The van der Waals surface area contributed by atoms with E-state index < -0.39 is 0 Å². The van der Waals surface area contributed by atoms with Crippen molar-refractivity contribution in [3.63, 3.8) is 0 Å². The maximum absolute atomic E-state index is 13.9. The average molecular weight is 664 g/mol. The zero-order valence-electron chi connectivity index (χ0n) is 28.1. The van der Waals surface area contributed by atoms with E-state index in [9.17, 15) is 4.79 Å². The van der Waals surface area contributed by atoms with Gasteiger partial charge in [0, 0.05) is 12.1 Å². The van der Waals surface area contributed by atoms with Crippen molar-refractivity contribution >= 4 is 23.2 Å². The number of nitrogens with one attached hydrogen (secondary N) is 1. The minimum Gasteiger partial charge on any atom is -0.497 e. The van der Waals surface area contributed by atoms with Crippen molar-refractivity contribution in [3.8, 4) is 23.0 Å². The molecule has 3 saturated heterocycles. The molecule has 0 atom stereocenters. The molecule has 3 heterocycles. The Kier molecular flexibility index (Phi) is 11.2. The number of oxime groups is 1. The molecule has 47 heavy (non-hydrogen) atoms. The lowest BCUT2D eigenvalue weighted by molar-refractivity contribution is -0.116. The highest BCUT2D eigenvalue weighted by Gasteiger charge is 2.39. The molecule has 9 nitrogen and oxygen atoms in total. The van der Waals surface area contributed by atoms with Gasteiger partial charge in [-0.15, -0.1) is 0 Å². The van der Waals surface area contributed by atoms with E-state index >= 15 is 0 Å². The van der Waals surface area contributed by atoms with Gasteiger partial charge >= 0.3 is 0 Å². The SMILES string of the molecule is COc1ccc(COc2cc(/C(=N/OCC(C)(C)C)C(=O)NCC34CCN(CC3)CC4)cc(Cl)c2OCc2ccc(OC)cc2)cc1. The summed E-state index contributed by atoms with van der Waals surface area (Å²) in [5, 5.41) is 7.85. The summed E-state index contributed by atoms with van der Waals surface area (Å²) in [6.45, 7) is 10.8. The van der Waals surface area contributed by atoms with E-state index in [1.165, 1.54) is 0 Å². The Balaban J connectivity index is 1.43. The number of ether oxygens (including phenoxy) is 4. The molecule has 0 saturated carbocycles. The fraction of sp³-hybridized carbons (Fsp3) is 0.459. The summed E-state index contributed by atoms with van der Waals surface area (Å²) in [5.41, 5.74) is 2.42. The highest BCUT2D eigenvalue weighted by Crippen LogP contribution is 2.40. The van der Waals surface area contributed by atoms with Gasteiger partial charge in [-0.1, -0.05) is 61.8 Å². The molecule has 3 aromatic carbocycles. The largest absolute Gasteiger partial charge is 0.497 e. The number of hydrogen-bond acceptors (Lipinski definition) is 8. The topological polar surface area (TPSA) is 90.8 Å². The van der Waals surface area contributed by atoms with Crippen LogP contribution in [0.1, 0.15) is 56.7 Å². The predicted octanol–water partition coefficient (Wildman–Crippen LogP) is 6.88. The van der Waals surface area contributed by atoms with Gasteiger partial charge in [-0.3, -0.25) is 4.79 Å². The highest BCUT2D eigenvalue weighted by atomic mass is 35.5. The normalized spacial score (nSPS) is 19.2. The molecule has 0 aliphatic carbocycles. The average Bonchev–Trinajstić information content (AvgIpc) is 3.08. The van der Waals surface area contributed by atoms with Gasteiger partial charge in [0.15, 0.2) is 17.2 Å². The molecule has 3 aromatic rings. The van der Waals surface area contributed by atoms with E-state index in [1.54, 1.807) is 26.4 Å². The number of amides is 1. The van der Waals surface area contributed by atoms with E-state index in [0.29, 0.717) is 30.2 Å². The van der Waals surface area contributed by atoms with Crippen molar-refractivity contribution < 1.29 is 28.6 Å². The molecule has 0 aromatic heterocycles. The van der Waals surface area contributed by atoms with E-state index in [2.05, 4.69) is 15.4 Å². The summed E-state index contributed by atoms with van der Waals surface area (Å²) >= 11 is 6.90. The Bertz CT molecular complexity index is 1510. The van der Waals surface area contributed by atoms with Crippen LogP contribution >= 0.6 is 11.6 Å². The summed E-state index contributed by atoms with van der Waals surface area (Å²) in [6, 6.07) is 18.6. The molecule has 10 heteroatoms. The molecule has 1 amide bonds. The first kappa shape index (κ1) is 34.4. The van der Waals surface area contributed by atoms with Crippen LogP contribution in [0.2, 0.25) is 5.02 Å². The van der Waals surface area contributed by atoms with Crippen molar-refractivity contribution in [3.05, 3.63) is 82.4 Å². The summed E-state index contributed by atoms with van der Waals surface area (Å²) in [6.07, 6.45) is 3.24. The number of piperidine rings is 3. The molecule has 2 bridgehead atoms. The molecule has 3 aliphatic heterocycles. The maximum Gasteiger partial charge on any atom is 0.273 e.